The molecule has 0 unspecified atom stereocenters. The maximum atomic E-state index is 13.0. The maximum absolute atomic E-state index is 13.0. The predicted octanol–water partition coefficient (Wildman–Crippen LogP) is 4.35. The molecule has 0 N–H and O–H groups in total. The van der Waals surface area contributed by atoms with Crippen molar-refractivity contribution in [2.75, 3.05) is 25.4 Å². The molecule has 1 aliphatic rings. The van der Waals surface area contributed by atoms with Crippen molar-refractivity contribution >= 4 is 23.6 Å². The topological polar surface area (TPSA) is 90.2 Å². The number of nitrogens with zero attached hydrogens (tertiary/aromatic N) is 5. The zero-order valence-electron chi connectivity index (χ0n) is 20.4. The summed E-state index contributed by atoms with van der Waals surface area (Å²) in [5.41, 5.74) is 3.03. The zero-order valence-corrected chi connectivity index (χ0v) is 21.2. The first kappa shape index (κ1) is 24.9. The van der Waals surface area contributed by atoms with Crippen molar-refractivity contribution in [2.45, 2.75) is 44.7 Å². The molecular formula is C26H31N5O3S. The summed E-state index contributed by atoms with van der Waals surface area (Å²) >= 11 is 1.38. The second-order valence-corrected chi connectivity index (χ2v) is 9.74. The van der Waals surface area contributed by atoms with Crippen molar-refractivity contribution < 1.29 is 14.3 Å². The van der Waals surface area contributed by atoms with Gasteiger partial charge in [-0.25, -0.2) is 0 Å². The maximum Gasteiger partial charge on any atom is 0.309 e. The molecule has 8 nitrogen and oxygen atoms in total. The number of piperidine rings is 1. The molecule has 1 aliphatic heterocycles. The number of ether oxygens (including phenoxy) is 1. The number of aromatic nitrogens is 4. The van der Waals surface area contributed by atoms with Crippen LogP contribution in [-0.4, -0.2) is 62.0 Å². The van der Waals surface area contributed by atoms with Crippen molar-refractivity contribution in [2.24, 2.45) is 5.92 Å². The van der Waals surface area contributed by atoms with Crippen LogP contribution in [0.25, 0.3) is 17.1 Å². The van der Waals surface area contributed by atoms with Crippen LogP contribution in [0, 0.1) is 5.92 Å². The van der Waals surface area contributed by atoms with Gasteiger partial charge in [0.15, 0.2) is 11.0 Å². The zero-order chi connectivity index (χ0) is 24.8. The lowest BCUT2D eigenvalue weighted by Gasteiger charge is -2.30. The van der Waals surface area contributed by atoms with Crippen LogP contribution in [0.3, 0.4) is 0 Å². The van der Waals surface area contributed by atoms with Crippen LogP contribution in [0.2, 0.25) is 0 Å². The molecule has 0 saturated carbocycles. The Morgan fingerprint density at radius 1 is 1.11 bits per heavy atom. The Bertz CT molecular complexity index is 1160. The molecular weight excluding hydrogens is 462 g/mol. The highest BCUT2D eigenvalue weighted by Crippen LogP contribution is 2.32. The van der Waals surface area contributed by atoms with Gasteiger partial charge in [-0.2, -0.15) is 0 Å². The van der Waals surface area contributed by atoms with E-state index in [1.54, 1.807) is 12.4 Å². The smallest absolute Gasteiger partial charge is 0.309 e. The number of pyridine rings is 1. The number of para-hydroxylation sites is 1. The van der Waals surface area contributed by atoms with Crippen LogP contribution in [0.1, 0.15) is 45.1 Å². The Balaban J connectivity index is 1.54. The molecule has 0 bridgehead atoms. The Hall–Kier alpha value is -3.20. The van der Waals surface area contributed by atoms with E-state index in [9.17, 15) is 9.59 Å². The summed E-state index contributed by atoms with van der Waals surface area (Å²) in [5, 5.41) is 9.59. The number of esters is 1. The van der Waals surface area contributed by atoms with Crippen LogP contribution >= 0.6 is 11.8 Å². The van der Waals surface area contributed by atoms with Crippen molar-refractivity contribution in [1.82, 2.24) is 24.6 Å². The first-order chi connectivity index (χ1) is 17.0. The number of carbonyl (C=O) groups is 2. The standard InChI is InChI=1S/C26H31N5O3S/c1-4-34-25(33)19-11-14-30(15-12-19)23(32)17-35-26-29-28-24(20-8-7-13-27-16-20)31(26)22-10-6-5-9-21(22)18(2)3/h5-10,13,16,18-19H,4,11-12,14-15,17H2,1-3H3. The van der Waals surface area contributed by atoms with Gasteiger partial charge in [-0.1, -0.05) is 43.8 Å². The monoisotopic (exact) mass is 493 g/mol. The van der Waals surface area contributed by atoms with E-state index >= 15 is 0 Å². The number of hydrogen-bond acceptors (Lipinski definition) is 7. The van der Waals surface area contributed by atoms with E-state index in [0.717, 1.165) is 11.3 Å². The van der Waals surface area contributed by atoms with Crippen LogP contribution < -0.4 is 0 Å². The molecule has 0 radical (unpaired) electrons. The van der Waals surface area contributed by atoms with E-state index in [2.05, 4.69) is 41.2 Å². The fourth-order valence-electron chi connectivity index (χ4n) is 4.28. The average molecular weight is 494 g/mol. The molecule has 1 amide bonds. The van der Waals surface area contributed by atoms with E-state index in [1.165, 1.54) is 17.3 Å². The van der Waals surface area contributed by atoms with Gasteiger partial charge in [0.05, 0.1) is 24.0 Å². The minimum absolute atomic E-state index is 0.0342. The van der Waals surface area contributed by atoms with E-state index in [1.807, 2.05) is 40.7 Å². The summed E-state index contributed by atoms with van der Waals surface area (Å²) < 4.78 is 7.16. The van der Waals surface area contributed by atoms with Gasteiger partial charge in [0.1, 0.15) is 0 Å². The second-order valence-electron chi connectivity index (χ2n) is 8.79. The van der Waals surface area contributed by atoms with Crippen LogP contribution in [0.5, 0.6) is 0 Å². The lowest BCUT2D eigenvalue weighted by molar-refractivity contribution is -0.151. The summed E-state index contributed by atoms with van der Waals surface area (Å²) in [5.74, 6) is 0.996. The van der Waals surface area contributed by atoms with Gasteiger partial charge in [0.2, 0.25) is 5.91 Å². The molecule has 3 heterocycles. The molecule has 2 aromatic heterocycles. The highest BCUT2D eigenvalue weighted by atomic mass is 32.2. The van der Waals surface area contributed by atoms with Crippen molar-refractivity contribution in [3.05, 3.63) is 54.4 Å². The van der Waals surface area contributed by atoms with Gasteiger partial charge in [-0.05, 0) is 49.4 Å². The van der Waals surface area contributed by atoms with Gasteiger partial charge in [-0.3, -0.25) is 19.1 Å². The molecule has 1 saturated heterocycles. The molecule has 0 spiro atoms. The third-order valence-corrected chi connectivity index (χ3v) is 7.06. The normalized spacial score (nSPS) is 14.3. The number of amides is 1. The summed E-state index contributed by atoms with van der Waals surface area (Å²) in [6, 6.07) is 12.0. The fourth-order valence-corrected chi connectivity index (χ4v) is 5.13. The largest absolute Gasteiger partial charge is 0.466 e. The van der Waals surface area contributed by atoms with Crippen LogP contribution in [0.4, 0.5) is 0 Å². The Morgan fingerprint density at radius 3 is 2.57 bits per heavy atom. The predicted molar refractivity (Wildman–Crippen MR) is 135 cm³/mol. The molecule has 184 valence electrons. The SMILES string of the molecule is CCOC(=O)C1CCN(C(=O)CSc2nnc(-c3cccnc3)n2-c2ccccc2C(C)C)CC1. The van der Waals surface area contributed by atoms with E-state index in [0.29, 0.717) is 49.4 Å². The summed E-state index contributed by atoms with van der Waals surface area (Å²) in [6.45, 7) is 7.63. The fraction of sp³-hybridized carbons (Fsp3) is 0.423. The summed E-state index contributed by atoms with van der Waals surface area (Å²) in [6.07, 6.45) is 4.77. The Morgan fingerprint density at radius 2 is 1.89 bits per heavy atom. The minimum Gasteiger partial charge on any atom is -0.466 e. The molecule has 35 heavy (non-hydrogen) atoms. The lowest BCUT2D eigenvalue weighted by Crippen LogP contribution is -2.41. The van der Waals surface area contributed by atoms with Crippen LogP contribution in [-0.2, 0) is 14.3 Å². The highest BCUT2D eigenvalue weighted by Gasteiger charge is 2.28. The van der Waals surface area contributed by atoms with Crippen LogP contribution in [0.15, 0.2) is 53.9 Å². The van der Waals surface area contributed by atoms with Crippen molar-refractivity contribution in [3.8, 4) is 17.1 Å². The third-order valence-electron chi connectivity index (χ3n) is 6.15. The Labute approximate surface area is 210 Å². The molecule has 3 aromatic rings. The molecule has 1 fully saturated rings. The van der Waals surface area contributed by atoms with E-state index in [4.69, 9.17) is 4.74 Å². The van der Waals surface area contributed by atoms with Crippen molar-refractivity contribution in [3.63, 3.8) is 0 Å². The number of likely N-dealkylation sites (tertiary alicyclic amines) is 1. The average Bonchev–Trinajstić information content (AvgIpc) is 3.31. The van der Waals surface area contributed by atoms with E-state index < -0.39 is 0 Å². The molecule has 4 rings (SSSR count). The van der Waals surface area contributed by atoms with E-state index in [-0.39, 0.29) is 23.5 Å². The number of hydrogen-bond donors (Lipinski definition) is 0. The number of thioether (sulfide) groups is 1. The summed E-state index contributed by atoms with van der Waals surface area (Å²) in [4.78, 5) is 31.1. The van der Waals surface area contributed by atoms with Gasteiger partial charge < -0.3 is 9.64 Å². The highest BCUT2D eigenvalue weighted by molar-refractivity contribution is 7.99. The number of rotatable bonds is 8. The second kappa shape index (κ2) is 11.5. The summed E-state index contributed by atoms with van der Waals surface area (Å²) in [7, 11) is 0. The number of carbonyl (C=O) groups excluding carboxylic acids is 2. The quantitative estimate of drug-likeness (QED) is 0.340. The molecule has 0 atom stereocenters. The minimum atomic E-state index is -0.158. The van der Waals surface area contributed by atoms with Crippen molar-refractivity contribution in [1.29, 1.82) is 0 Å². The van der Waals surface area contributed by atoms with Gasteiger partial charge in [-0.15, -0.1) is 10.2 Å². The molecule has 0 aliphatic carbocycles. The van der Waals surface area contributed by atoms with Gasteiger partial charge >= 0.3 is 5.97 Å². The lowest BCUT2D eigenvalue weighted by atomic mass is 9.97. The molecule has 9 heteroatoms. The Kier molecular flexibility index (Phi) is 8.17. The first-order valence-electron chi connectivity index (χ1n) is 12.0. The number of benzene rings is 1. The molecule has 1 aromatic carbocycles. The van der Waals surface area contributed by atoms with Gasteiger partial charge in [0, 0.05) is 31.0 Å². The third kappa shape index (κ3) is 5.73. The van der Waals surface area contributed by atoms with Gasteiger partial charge in [0.25, 0.3) is 0 Å². The first-order valence-corrected chi connectivity index (χ1v) is 13.0.